The molecule has 0 spiro atoms. The molecule has 4 nitrogen and oxygen atoms in total. The van der Waals surface area contributed by atoms with Crippen LogP contribution in [0.3, 0.4) is 0 Å². The zero-order chi connectivity index (χ0) is 16.3. The first-order chi connectivity index (χ1) is 9.57. The highest BCUT2D eigenvalue weighted by Gasteiger charge is 2.34. The number of amides is 1. The Morgan fingerprint density at radius 1 is 1.19 bits per heavy atom. The number of hydrogen-bond donors (Lipinski definition) is 2. The van der Waals surface area contributed by atoms with E-state index >= 15 is 0 Å². The summed E-state index contributed by atoms with van der Waals surface area (Å²) in [5.41, 5.74) is 3.84. The summed E-state index contributed by atoms with van der Waals surface area (Å²) in [6.07, 6.45) is -4.40. The third-order valence-corrected chi connectivity index (χ3v) is 3.32. The molecule has 0 aliphatic rings. The molecule has 0 aliphatic heterocycles. The Balaban J connectivity index is 2.97. The highest BCUT2D eigenvalue weighted by atomic mass is 19.4. The molecule has 118 valence electrons. The van der Waals surface area contributed by atoms with Crippen LogP contribution in [0.25, 0.3) is 0 Å². The second-order valence-corrected chi connectivity index (χ2v) is 5.29. The van der Waals surface area contributed by atoms with E-state index in [9.17, 15) is 18.0 Å². The number of carbonyl (C=O) groups excluding carboxylic acids is 1. The summed E-state index contributed by atoms with van der Waals surface area (Å²) in [7, 11) is 3.75. The summed E-state index contributed by atoms with van der Waals surface area (Å²) < 4.78 is 37.7. The number of hydrogen-bond acceptors (Lipinski definition) is 3. The van der Waals surface area contributed by atoms with Crippen molar-refractivity contribution in [1.29, 1.82) is 0 Å². The lowest BCUT2D eigenvalue weighted by atomic mass is 9.90. The molecule has 1 amide bonds. The quantitative estimate of drug-likeness (QED) is 0.838. The van der Waals surface area contributed by atoms with Crippen molar-refractivity contribution in [2.45, 2.75) is 18.6 Å². The van der Waals surface area contributed by atoms with Crippen molar-refractivity contribution in [2.24, 2.45) is 5.73 Å². The smallest absolute Gasteiger partial charge is 0.368 e. The van der Waals surface area contributed by atoms with E-state index in [0.29, 0.717) is 18.7 Å². The molecule has 0 radical (unpaired) electrons. The van der Waals surface area contributed by atoms with E-state index in [1.54, 1.807) is 6.92 Å². The Hall–Kier alpha value is -1.60. The molecule has 1 unspecified atom stereocenters. The van der Waals surface area contributed by atoms with Gasteiger partial charge in [0.15, 0.2) is 0 Å². The van der Waals surface area contributed by atoms with Gasteiger partial charge in [0.2, 0.25) is 5.91 Å². The number of nitrogens with two attached hydrogens (primary N) is 1. The minimum atomic E-state index is -4.40. The minimum Gasteiger partial charge on any atom is -0.368 e. The van der Waals surface area contributed by atoms with Gasteiger partial charge < -0.3 is 10.6 Å². The molecule has 1 aromatic rings. The number of alkyl halides is 3. The third kappa shape index (κ3) is 4.44. The molecule has 0 aromatic heterocycles. The maximum atomic E-state index is 12.6. The molecule has 0 fully saturated rings. The van der Waals surface area contributed by atoms with Gasteiger partial charge in [-0.05, 0) is 38.7 Å². The summed E-state index contributed by atoms with van der Waals surface area (Å²) in [6.45, 7) is 2.71. The van der Waals surface area contributed by atoms with Crippen LogP contribution in [0.15, 0.2) is 24.3 Å². The molecule has 0 saturated carbocycles. The second-order valence-electron chi connectivity index (χ2n) is 5.29. The van der Waals surface area contributed by atoms with Gasteiger partial charge >= 0.3 is 6.18 Å². The van der Waals surface area contributed by atoms with Crippen LogP contribution in [-0.4, -0.2) is 38.0 Å². The first-order valence-electron chi connectivity index (χ1n) is 6.45. The fourth-order valence-electron chi connectivity index (χ4n) is 1.85. The van der Waals surface area contributed by atoms with Gasteiger partial charge in [-0.3, -0.25) is 10.1 Å². The lowest BCUT2D eigenvalue weighted by Gasteiger charge is -2.29. The molecule has 0 bridgehead atoms. The highest BCUT2D eigenvalue weighted by molar-refractivity contribution is 5.85. The van der Waals surface area contributed by atoms with Crippen LogP contribution in [0.2, 0.25) is 0 Å². The molecule has 0 aliphatic carbocycles. The average molecular weight is 303 g/mol. The van der Waals surface area contributed by atoms with Crippen LogP contribution >= 0.6 is 0 Å². The number of nitrogens with zero attached hydrogens (tertiary/aromatic N) is 1. The van der Waals surface area contributed by atoms with Gasteiger partial charge in [-0.2, -0.15) is 13.2 Å². The topological polar surface area (TPSA) is 58.4 Å². The van der Waals surface area contributed by atoms with Crippen LogP contribution in [0.4, 0.5) is 13.2 Å². The van der Waals surface area contributed by atoms with E-state index in [1.807, 2.05) is 19.0 Å². The fourth-order valence-corrected chi connectivity index (χ4v) is 1.85. The Kier molecular flexibility index (Phi) is 5.36. The second kappa shape index (κ2) is 6.44. The molecule has 1 aromatic carbocycles. The summed E-state index contributed by atoms with van der Waals surface area (Å²) in [6, 6.07) is 4.45. The number of nitrogens with one attached hydrogen (secondary N) is 1. The van der Waals surface area contributed by atoms with Crippen molar-refractivity contribution in [2.75, 3.05) is 27.2 Å². The van der Waals surface area contributed by atoms with Crippen LogP contribution in [0, 0.1) is 0 Å². The van der Waals surface area contributed by atoms with Crippen LogP contribution in [-0.2, 0) is 16.5 Å². The molecule has 0 saturated heterocycles. The summed E-state index contributed by atoms with van der Waals surface area (Å²) in [5, 5.41) is 3.00. The van der Waals surface area contributed by atoms with E-state index in [1.165, 1.54) is 12.1 Å². The maximum absolute atomic E-state index is 12.6. The maximum Gasteiger partial charge on any atom is 0.416 e. The molecular formula is C14H20F3N3O. The van der Waals surface area contributed by atoms with Crippen molar-refractivity contribution in [3.8, 4) is 0 Å². The lowest BCUT2D eigenvalue weighted by Crippen LogP contribution is -2.51. The Morgan fingerprint density at radius 3 is 2.05 bits per heavy atom. The number of rotatable bonds is 6. The van der Waals surface area contributed by atoms with Crippen LogP contribution in [0.1, 0.15) is 18.1 Å². The number of halogens is 3. The largest absolute Gasteiger partial charge is 0.416 e. The van der Waals surface area contributed by atoms with Gasteiger partial charge in [0.1, 0.15) is 5.54 Å². The lowest BCUT2D eigenvalue weighted by molar-refractivity contribution is -0.137. The standard InChI is InChI=1S/C14H20F3N3O/c1-13(12(18)21,19-8-9-20(2)3)10-4-6-11(7-5-10)14(15,16)17/h4-7,19H,8-9H2,1-3H3,(H2,18,21). The monoisotopic (exact) mass is 303 g/mol. The molecular weight excluding hydrogens is 283 g/mol. The SMILES string of the molecule is CN(C)CCNC(C)(C(N)=O)c1ccc(C(F)(F)F)cc1. The molecule has 7 heteroatoms. The number of likely N-dealkylation sites (N-methyl/N-ethyl adjacent to an activating group) is 1. The van der Waals surface area contributed by atoms with E-state index < -0.39 is 23.2 Å². The van der Waals surface area contributed by atoms with Gasteiger partial charge in [-0.1, -0.05) is 12.1 Å². The van der Waals surface area contributed by atoms with Gasteiger partial charge in [0.05, 0.1) is 5.56 Å². The minimum absolute atomic E-state index is 0.404. The van der Waals surface area contributed by atoms with E-state index in [2.05, 4.69) is 5.32 Å². The van der Waals surface area contributed by atoms with Crippen molar-refractivity contribution in [1.82, 2.24) is 10.2 Å². The molecule has 1 rings (SSSR count). The van der Waals surface area contributed by atoms with Crippen molar-refractivity contribution in [3.63, 3.8) is 0 Å². The third-order valence-electron chi connectivity index (χ3n) is 3.32. The van der Waals surface area contributed by atoms with Gasteiger partial charge in [-0.15, -0.1) is 0 Å². The van der Waals surface area contributed by atoms with Gasteiger partial charge in [0.25, 0.3) is 0 Å². The molecule has 3 N–H and O–H groups in total. The number of benzene rings is 1. The normalized spacial score (nSPS) is 15.0. The van der Waals surface area contributed by atoms with Gasteiger partial charge in [0, 0.05) is 13.1 Å². The van der Waals surface area contributed by atoms with Crippen LogP contribution in [0.5, 0.6) is 0 Å². The number of primary amides is 1. The number of carbonyl (C=O) groups is 1. The van der Waals surface area contributed by atoms with Crippen molar-refractivity contribution >= 4 is 5.91 Å². The predicted molar refractivity (Wildman–Crippen MR) is 74.5 cm³/mol. The molecule has 21 heavy (non-hydrogen) atoms. The van der Waals surface area contributed by atoms with E-state index in [4.69, 9.17) is 5.73 Å². The van der Waals surface area contributed by atoms with Gasteiger partial charge in [-0.25, -0.2) is 0 Å². The van der Waals surface area contributed by atoms with E-state index in [0.717, 1.165) is 12.1 Å². The molecule has 0 heterocycles. The van der Waals surface area contributed by atoms with Crippen molar-refractivity contribution < 1.29 is 18.0 Å². The Bertz CT molecular complexity index is 485. The average Bonchev–Trinajstić information content (AvgIpc) is 2.37. The first kappa shape index (κ1) is 17.5. The summed E-state index contributed by atoms with van der Waals surface area (Å²) in [5.74, 6) is -0.638. The van der Waals surface area contributed by atoms with Crippen LogP contribution < -0.4 is 11.1 Å². The summed E-state index contributed by atoms with van der Waals surface area (Å²) in [4.78, 5) is 13.6. The first-order valence-corrected chi connectivity index (χ1v) is 6.45. The Morgan fingerprint density at radius 2 is 1.67 bits per heavy atom. The fraction of sp³-hybridized carbons (Fsp3) is 0.500. The van der Waals surface area contributed by atoms with Crippen molar-refractivity contribution in [3.05, 3.63) is 35.4 Å². The molecule has 1 atom stereocenters. The zero-order valence-corrected chi connectivity index (χ0v) is 12.3. The summed E-state index contributed by atoms with van der Waals surface area (Å²) >= 11 is 0. The van der Waals surface area contributed by atoms with E-state index in [-0.39, 0.29) is 0 Å². The highest BCUT2D eigenvalue weighted by Crippen LogP contribution is 2.30. The zero-order valence-electron chi connectivity index (χ0n) is 12.3. The predicted octanol–water partition coefficient (Wildman–Crippen LogP) is 1.56. The Labute approximate surface area is 122 Å².